The Balaban J connectivity index is 2.82. The highest BCUT2D eigenvalue weighted by atomic mass is 32.1. The van der Waals surface area contributed by atoms with Crippen LogP contribution in [-0.4, -0.2) is 5.02 Å². The Morgan fingerprint density at radius 2 is 2.11 bits per heavy atom. The summed E-state index contributed by atoms with van der Waals surface area (Å²) < 4.78 is 0. The quantitative estimate of drug-likeness (QED) is 0.420. The van der Waals surface area contributed by atoms with E-state index in [4.69, 9.17) is 0 Å². The summed E-state index contributed by atoms with van der Waals surface area (Å²) in [4.78, 5) is 0. The van der Waals surface area contributed by atoms with Crippen LogP contribution in [-0.2, 0) is 0 Å². The summed E-state index contributed by atoms with van der Waals surface area (Å²) in [5.74, 6) is 0. The second-order valence-electron chi connectivity index (χ2n) is 2.17. The largest absolute Gasteiger partial charge is 0.0654 e. The van der Waals surface area contributed by atoms with Crippen LogP contribution >= 0.6 is 12.2 Å². The minimum atomic E-state index is 1.11. The van der Waals surface area contributed by atoms with E-state index in [1.165, 1.54) is 25.7 Å². The van der Waals surface area contributed by atoms with Crippen molar-refractivity contribution in [3.05, 3.63) is 6.08 Å². The molecule has 9 heavy (non-hydrogen) atoms. The zero-order valence-corrected chi connectivity index (χ0v) is 6.84. The van der Waals surface area contributed by atoms with E-state index < -0.39 is 0 Å². The fourth-order valence-electron chi connectivity index (χ4n) is 0.732. The Morgan fingerprint density at radius 3 is 2.67 bits per heavy atom. The molecule has 0 aromatic carbocycles. The van der Waals surface area contributed by atoms with E-state index >= 15 is 0 Å². The smallest absolute Gasteiger partial charge is 0.0266 e. The van der Waals surface area contributed by atoms with Gasteiger partial charge in [0.1, 0.15) is 0 Å². The number of thiocarbonyl (C=S) groups is 1. The van der Waals surface area contributed by atoms with Crippen molar-refractivity contribution in [2.24, 2.45) is 0 Å². The van der Waals surface area contributed by atoms with Gasteiger partial charge in [0.25, 0.3) is 0 Å². The first-order valence-corrected chi connectivity index (χ1v) is 4.02. The van der Waals surface area contributed by atoms with Gasteiger partial charge in [0, 0.05) is 0 Å². The first-order chi connectivity index (χ1) is 4.41. The lowest BCUT2D eigenvalue weighted by Crippen LogP contribution is -1.72. The summed E-state index contributed by atoms with van der Waals surface area (Å²) in [7, 11) is 0. The summed E-state index contributed by atoms with van der Waals surface area (Å²) in [5, 5.41) is 2.60. The van der Waals surface area contributed by atoms with Crippen molar-refractivity contribution in [3.8, 4) is 0 Å². The van der Waals surface area contributed by atoms with E-state index in [1.54, 1.807) is 0 Å². The molecule has 1 heteroatoms. The highest BCUT2D eigenvalue weighted by Crippen LogP contribution is 2.01. The molecule has 0 radical (unpaired) electrons. The molecular weight excluding hydrogens is 128 g/mol. The average molecular weight is 142 g/mol. The van der Waals surface area contributed by atoms with Crippen molar-refractivity contribution in [1.82, 2.24) is 0 Å². The number of hydrogen-bond acceptors (Lipinski definition) is 1. The molecule has 0 bridgehead atoms. The Kier molecular flexibility index (Phi) is 7.76. The molecule has 0 saturated carbocycles. The van der Waals surface area contributed by atoms with Crippen molar-refractivity contribution in [2.45, 2.75) is 39.0 Å². The lowest BCUT2D eigenvalue weighted by atomic mass is 10.2. The van der Waals surface area contributed by atoms with Gasteiger partial charge in [0.15, 0.2) is 0 Å². The molecule has 0 amide bonds. The molecule has 0 aliphatic rings. The standard InChI is InChI=1S/C8H14S/c1-2-3-4-5-6-7-8-9/h7H,2-6H2,1H3. The van der Waals surface area contributed by atoms with E-state index in [0.717, 1.165) is 6.42 Å². The number of rotatable bonds is 5. The SMILES string of the molecule is CCCCCCC=C=S. The fraction of sp³-hybridized carbons (Fsp3) is 0.750. The first-order valence-electron chi connectivity index (χ1n) is 3.61. The average Bonchev–Trinajstić information content (AvgIpc) is 1.89. The zero-order valence-electron chi connectivity index (χ0n) is 6.02. The Labute approximate surface area is 63.0 Å². The van der Waals surface area contributed by atoms with Crippen LogP contribution in [0.1, 0.15) is 39.0 Å². The molecule has 0 aromatic heterocycles. The summed E-state index contributed by atoms with van der Waals surface area (Å²) in [6.07, 6.45) is 8.32. The minimum absolute atomic E-state index is 1.11. The predicted molar refractivity (Wildman–Crippen MR) is 45.9 cm³/mol. The molecule has 0 atom stereocenters. The van der Waals surface area contributed by atoms with Crippen LogP contribution in [0.5, 0.6) is 0 Å². The van der Waals surface area contributed by atoms with Crippen molar-refractivity contribution in [3.63, 3.8) is 0 Å². The van der Waals surface area contributed by atoms with Crippen LogP contribution in [0.15, 0.2) is 6.08 Å². The maximum Gasteiger partial charge on any atom is -0.0266 e. The fourth-order valence-corrected chi connectivity index (χ4v) is 0.850. The summed E-state index contributed by atoms with van der Waals surface area (Å²) in [6, 6.07) is 0. The zero-order chi connectivity index (χ0) is 6.95. The second-order valence-corrected chi connectivity index (χ2v) is 2.41. The van der Waals surface area contributed by atoms with Gasteiger partial charge in [0.2, 0.25) is 0 Å². The van der Waals surface area contributed by atoms with Crippen molar-refractivity contribution >= 4 is 17.2 Å². The highest BCUT2D eigenvalue weighted by Gasteiger charge is 1.82. The van der Waals surface area contributed by atoms with Gasteiger partial charge in [0.05, 0.1) is 0 Å². The molecule has 52 valence electrons. The third-order valence-electron chi connectivity index (χ3n) is 1.29. The van der Waals surface area contributed by atoms with Gasteiger partial charge in [-0.1, -0.05) is 31.2 Å². The third-order valence-corrected chi connectivity index (χ3v) is 1.45. The van der Waals surface area contributed by atoms with Crippen molar-refractivity contribution in [1.29, 1.82) is 0 Å². The van der Waals surface area contributed by atoms with E-state index in [9.17, 15) is 0 Å². The lowest BCUT2D eigenvalue weighted by molar-refractivity contribution is 0.675. The second kappa shape index (κ2) is 7.87. The van der Waals surface area contributed by atoms with E-state index in [0.29, 0.717) is 0 Å². The van der Waals surface area contributed by atoms with Crippen LogP contribution < -0.4 is 0 Å². The van der Waals surface area contributed by atoms with Gasteiger partial charge < -0.3 is 0 Å². The van der Waals surface area contributed by atoms with Gasteiger partial charge in [-0.3, -0.25) is 0 Å². The topological polar surface area (TPSA) is 0 Å². The Bertz CT molecular complexity index is 90.7. The molecule has 0 aliphatic carbocycles. The Morgan fingerprint density at radius 1 is 1.33 bits per heavy atom. The number of allylic oxidation sites excluding steroid dienone is 1. The summed E-state index contributed by atoms with van der Waals surface area (Å²) in [6.45, 7) is 2.22. The molecular formula is C8H14S. The third kappa shape index (κ3) is 7.87. The molecule has 0 fully saturated rings. The van der Waals surface area contributed by atoms with Crippen LogP contribution in [0.4, 0.5) is 0 Å². The van der Waals surface area contributed by atoms with Crippen LogP contribution in [0.3, 0.4) is 0 Å². The minimum Gasteiger partial charge on any atom is -0.0654 e. The van der Waals surface area contributed by atoms with E-state index in [1.807, 2.05) is 6.08 Å². The van der Waals surface area contributed by atoms with Crippen LogP contribution in [0.25, 0.3) is 0 Å². The van der Waals surface area contributed by atoms with Gasteiger partial charge in [-0.05, 0) is 31.1 Å². The monoisotopic (exact) mass is 142 g/mol. The number of unbranched alkanes of at least 4 members (excludes halogenated alkanes) is 4. The van der Waals surface area contributed by atoms with E-state index in [-0.39, 0.29) is 0 Å². The normalized spacial score (nSPS) is 8.56. The van der Waals surface area contributed by atoms with Gasteiger partial charge >= 0.3 is 0 Å². The molecule has 0 spiro atoms. The lowest BCUT2D eigenvalue weighted by Gasteiger charge is -1.91. The van der Waals surface area contributed by atoms with E-state index in [2.05, 4.69) is 24.2 Å². The molecule has 0 N–H and O–H groups in total. The molecule has 0 saturated heterocycles. The van der Waals surface area contributed by atoms with Crippen LogP contribution in [0, 0.1) is 0 Å². The Hall–Kier alpha value is -0.130. The molecule has 0 aromatic rings. The summed E-state index contributed by atoms with van der Waals surface area (Å²) >= 11 is 4.52. The maximum absolute atomic E-state index is 4.52. The first kappa shape index (κ1) is 8.87. The summed E-state index contributed by atoms with van der Waals surface area (Å²) in [5.41, 5.74) is 0. The molecule has 0 rings (SSSR count). The predicted octanol–water partition coefficient (Wildman–Crippen LogP) is 3.11. The van der Waals surface area contributed by atoms with Gasteiger partial charge in [-0.2, -0.15) is 0 Å². The molecule has 0 nitrogen and oxygen atoms in total. The van der Waals surface area contributed by atoms with Gasteiger partial charge in [-0.25, -0.2) is 0 Å². The van der Waals surface area contributed by atoms with Gasteiger partial charge in [-0.15, -0.1) is 0 Å². The van der Waals surface area contributed by atoms with Crippen molar-refractivity contribution in [2.75, 3.05) is 0 Å². The molecule has 0 heterocycles. The number of hydrogen-bond donors (Lipinski definition) is 0. The highest BCUT2D eigenvalue weighted by molar-refractivity contribution is 7.78. The molecule has 0 unspecified atom stereocenters. The van der Waals surface area contributed by atoms with Crippen LogP contribution in [0.2, 0.25) is 0 Å². The maximum atomic E-state index is 4.52. The van der Waals surface area contributed by atoms with Crippen molar-refractivity contribution < 1.29 is 0 Å². The molecule has 0 aliphatic heterocycles.